The summed E-state index contributed by atoms with van der Waals surface area (Å²) < 4.78 is 28.0. The van der Waals surface area contributed by atoms with Crippen LogP contribution in [0.4, 0.5) is 0 Å². The number of sulfonamides is 1. The van der Waals surface area contributed by atoms with Gasteiger partial charge < -0.3 is 9.80 Å². The molecule has 1 fully saturated rings. The Morgan fingerprint density at radius 3 is 2.57 bits per heavy atom. The van der Waals surface area contributed by atoms with Crippen molar-refractivity contribution in [3.8, 4) is 0 Å². The van der Waals surface area contributed by atoms with Gasteiger partial charge in [0.15, 0.2) is 0 Å². The summed E-state index contributed by atoms with van der Waals surface area (Å²) >= 11 is 4.77. The minimum Gasteiger partial charge on any atom is -0.304 e. The molecular weight excluding hydrogens is 374 g/mol. The fourth-order valence-corrected chi connectivity index (χ4v) is 5.84. The molecule has 120 valence electrons. The highest BCUT2D eigenvalue weighted by atomic mass is 79.9. The maximum Gasteiger partial charge on any atom is 0.241 e. The predicted molar refractivity (Wildman–Crippen MR) is 90.5 cm³/mol. The molecule has 0 spiro atoms. The number of halogens is 1. The van der Waals surface area contributed by atoms with E-state index in [4.69, 9.17) is 0 Å². The molecule has 0 aromatic carbocycles. The molecule has 8 heteroatoms. The SMILES string of the molecule is Cc1sc(Br)cc1S(=O)(=O)NCCCN1CCN(C)CC1. The van der Waals surface area contributed by atoms with E-state index in [1.165, 1.54) is 11.3 Å². The molecule has 0 radical (unpaired) electrons. The highest BCUT2D eigenvalue weighted by Gasteiger charge is 2.19. The first-order chi connectivity index (χ1) is 9.88. The zero-order valence-corrected chi connectivity index (χ0v) is 15.7. The van der Waals surface area contributed by atoms with Crippen LogP contribution in [-0.4, -0.2) is 64.5 Å². The number of hydrogen-bond donors (Lipinski definition) is 1. The number of likely N-dealkylation sites (N-methyl/N-ethyl adjacent to an activating group) is 1. The molecule has 0 atom stereocenters. The monoisotopic (exact) mass is 395 g/mol. The molecule has 0 unspecified atom stereocenters. The second kappa shape index (κ2) is 7.52. The Balaban J connectivity index is 1.76. The Hall–Kier alpha value is 0.01000. The standard InChI is InChI=1S/C13H22BrN3O2S2/c1-11-12(10-13(14)20-11)21(18,19)15-4-3-5-17-8-6-16(2)7-9-17/h10,15H,3-9H2,1-2H3. The zero-order chi connectivity index (χ0) is 15.5. The van der Waals surface area contributed by atoms with Crippen LogP contribution in [0.3, 0.4) is 0 Å². The predicted octanol–water partition coefficient (Wildman–Crippen LogP) is 1.73. The maximum atomic E-state index is 12.2. The average molecular weight is 396 g/mol. The van der Waals surface area contributed by atoms with Crippen LogP contribution in [0.25, 0.3) is 0 Å². The smallest absolute Gasteiger partial charge is 0.241 e. The lowest BCUT2D eigenvalue weighted by atomic mass is 10.3. The Bertz CT molecular complexity index is 566. The van der Waals surface area contributed by atoms with Gasteiger partial charge in [-0.25, -0.2) is 13.1 Å². The van der Waals surface area contributed by atoms with Crippen LogP contribution < -0.4 is 4.72 Å². The van der Waals surface area contributed by atoms with Gasteiger partial charge in [0.05, 0.1) is 8.68 Å². The summed E-state index contributed by atoms with van der Waals surface area (Å²) in [5.41, 5.74) is 0. The van der Waals surface area contributed by atoms with Gasteiger partial charge in [0.2, 0.25) is 10.0 Å². The van der Waals surface area contributed by atoms with Crippen LogP contribution in [0.2, 0.25) is 0 Å². The molecule has 0 amide bonds. The molecule has 2 rings (SSSR count). The van der Waals surface area contributed by atoms with Crippen LogP contribution in [0.5, 0.6) is 0 Å². The molecule has 0 bridgehead atoms. The lowest BCUT2D eigenvalue weighted by Crippen LogP contribution is -2.45. The van der Waals surface area contributed by atoms with Gasteiger partial charge >= 0.3 is 0 Å². The lowest BCUT2D eigenvalue weighted by Gasteiger charge is -2.32. The molecule has 1 aromatic heterocycles. The Labute approximate surface area is 139 Å². The first kappa shape index (κ1) is 17.4. The van der Waals surface area contributed by atoms with Crippen molar-refractivity contribution in [2.24, 2.45) is 0 Å². The van der Waals surface area contributed by atoms with Crippen molar-refractivity contribution >= 4 is 37.3 Å². The molecule has 1 aromatic rings. The quantitative estimate of drug-likeness (QED) is 0.745. The second-order valence-electron chi connectivity index (χ2n) is 5.37. The summed E-state index contributed by atoms with van der Waals surface area (Å²) in [6.07, 6.45) is 0.841. The van der Waals surface area contributed by atoms with Gasteiger partial charge in [0, 0.05) is 37.6 Å². The van der Waals surface area contributed by atoms with Gasteiger partial charge in [0.25, 0.3) is 0 Å². The van der Waals surface area contributed by atoms with Gasteiger partial charge in [-0.05, 0) is 48.9 Å². The van der Waals surface area contributed by atoms with Crippen molar-refractivity contribution in [2.75, 3.05) is 46.3 Å². The molecule has 21 heavy (non-hydrogen) atoms. The van der Waals surface area contributed by atoms with Crippen LogP contribution in [-0.2, 0) is 10.0 Å². The number of rotatable bonds is 6. The van der Waals surface area contributed by atoms with Crippen LogP contribution in [0.1, 0.15) is 11.3 Å². The third-order valence-corrected chi connectivity index (χ3v) is 6.94. The molecule has 0 aliphatic carbocycles. The van der Waals surface area contributed by atoms with E-state index in [1.807, 2.05) is 6.92 Å². The molecule has 0 saturated carbocycles. The van der Waals surface area contributed by atoms with E-state index in [0.29, 0.717) is 11.4 Å². The summed E-state index contributed by atoms with van der Waals surface area (Å²) in [6.45, 7) is 7.58. The van der Waals surface area contributed by atoms with Gasteiger partial charge in [-0.3, -0.25) is 0 Å². The van der Waals surface area contributed by atoms with E-state index in [2.05, 4.69) is 37.5 Å². The molecule has 2 heterocycles. The van der Waals surface area contributed by atoms with E-state index >= 15 is 0 Å². The number of piperazine rings is 1. The van der Waals surface area contributed by atoms with Gasteiger partial charge in [-0.1, -0.05) is 0 Å². The van der Waals surface area contributed by atoms with Gasteiger partial charge in [-0.15, -0.1) is 11.3 Å². The van der Waals surface area contributed by atoms with Crippen molar-refractivity contribution in [2.45, 2.75) is 18.2 Å². The number of aryl methyl sites for hydroxylation is 1. The maximum absolute atomic E-state index is 12.2. The first-order valence-electron chi connectivity index (χ1n) is 7.05. The van der Waals surface area contributed by atoms with Crippen LogP contribution in [0.15, 0.2) is 14.7 Å². The van der Waals surface area contributed by atoms with Crippen LogP contribution in [0, 0.1) is 6.92 Å². The summed E-state index contributed by atoms with van der Waals surface area (Å²) in [6, 6.07) is 1.67. The highest BCUT2D eigenvalue weighted by Crippen LogP contribution is 2.29. The molecule has 1 N–H and O–H groups in total. The van der Waals surface area contributed by atoms with Crippen LogP contribution >= 0.6 is 27.3 Å². The Morgan fingerprint density at radius 2 is 2.00 bits per heavy atom. The summed E-state index contributed by atoms with van der Waals surface area (Å²) in [5, 5.41) is 0. The number of hydrogen-bond acceptors (Lipinski definition) is 5. The molecule has 1 aliphatic rings. The fourth-order valence-electron chi connectivity index (χ4n) is 2.36. The zero-order valence-electron chi connectivity index (χ0n) is 12.4. The highest BCUT2D eigenvalue weighted by molar-refractivity contribution is 9.11. The summed E-state index contributed by atoms with van der Waals surface area (Å²) in [4.78, 5) is 5.91. The largest absolute Gasteiger partial charge is 0.304 e. The van der Waals surface area contributed by atoms with Crippen molar-refractivity contribution in [3.63, 3.8) is 0 Å². The number of nitrogens with one attached hydrogen (secondary N) is 1. The van der Waals surface area contributed by atoms with E-state index in [9.17, 15) is 8.42 Å². The van der Waals surface area contributed by atoms with Crippen molar-refractivity contribution < 1.29 is 8.42 Å². The first-order valence-corrected chi connectivity index (χ1v) is 10.1. The van der Waals surface area contributed by atoms with E-state index < -0.39 is 10.0 Å². The van der Waals surface area contributed by atoms with Crippen molar-refractivity contribution in [1.82, 2.24) is 14.5 Å². The fraction of sp³-hybridized carbons (Fsp3) is 0.692. The van der Waals surface area contributed by atoms with E-state index in [0.717, 1.165) is 47.8 Å². The molecule has 1 aliphatic heterocycles. The third-order valence-electron chi connectivity index (χ3n) is 3.67. The average Bonchev–Trinajstić information content (AvgIpc) is 2.77. The molecule has 5 nitrogen and oxygen atoms in total. The van der Waals surface area contributed by atoms with Gasteiger partial charge in [-0.2, -0.15) is 0 Å². The molecule has 1 saturated heterocycles. The van der Waals surface area contributed by atoms with E-state index in [1.54, 1.807) is 6.07 Å². The minimum atomic E-state index is -3.38. The Morgan fingerprint density at radius 1 is 1.33 bits per heavy atom. The minimum absolute atomic E-state index is 0.388. The van der Waals surface area contributed by atoms with Crippen molar-refractivity contribution in [1.29, 1.82) is 0 Å². The number of nitrogens with zero attached hydrogens (tertiary/aromatic N) is 2. The second-order valence-corrected chi connectivity index (χ2v) is 9.74. The summed E-state index contributed by atoms with van der Waals surface area (Å²) in [7, 11) is -1.25. The van der Waals surface area contributed by atoms with Gasteiger partial charge in [0.1, 0.15) is 0 Å². The number of thiophene rings is 1. The topological polar surface area (TPSA) is 52.7 Å². The normalized spacial score (nSPS) is 18.2. The van der Waals surface area contributed by atoms with E-state index in [-0.39, 0.29) is 0 Å². The third kappa shape index (κ3) is 5.01. The Kier molecular flexibility index (Phi) is 6.22. The molecular formula is C13H22BrN3O2S2. The summed E-state index contributed by atoms with van der Waals surface area (Å²) in [5.74, 6) is 0. The van der Waals surface area contributed by atoms with Crippen molar-refractivity contribution in [3.05, 3.63) is 14.7 Å². The lowest BCUT2D eigenvalue weighted by molar-refractivity contribution is 0.153.